The van der Waals surface area contributed by atoms with Gasteiger partial charge in [0.05, 0.1) is 12.7 Å². The summed E-state index contributed by atoms with van der Waals surface area (Å²) in [5, 5.41) is 27.3. The quantitative estimate of drug-likeness (QED) is 0.649. The van der Waals surface area contributed by atoms with E-state index in [1.165, 1.54) is 6.08 Å². The summed E-state index contributed by atoms with van der Waals surface area (Å²) in [5.74, 6) is -0.816. The normalized spacial score (nSPS) is 14.3. The standard InChI is InChI=1S/C14H18O5/c1-10(5-6-13(16)17)14(18)11-3-2-4-12(9-11)19-8-7-15/h2-6,9-10,14-15,18H,7-8H2,1H3,(H,16,17)/b6-5+/t10-,14+/m0/s1. The van der Waals surface area contributed by atoms with E-state index >= 15 is 0 Å². The lowest BCUT2D eigenvalue weighted by Gasteiger charge is -2.16. The molecule has 1 rings (SSSR count). The molecule has 0 unspecified atom stereocenters. The highest BCUT2D eigenvalue weighted by Gasteiger charge is 2.14. The SMILES string of the molecule is C[C@@H](/C=C/C(=O)O)[C@@H](O)c1cccc(OCCO)c1. The maximum Gasteiger partial charge on any atom is 0.327 e. The number of aliphatic hydroxyl groups is 2. The molecule has 0 saturated heterocycles. The van der Waals surface area contributed by atoms with Crippen LogP contribution in [0.5, 0.6) is 5.75 Å². The zero-order valence-corrected chi connectivity index (χ0v) is 10.7. The summed E-state index contributed by atoms with van der Waals surface area (Å²) in [6, 6.07) is 6.87. The molecule has 5 nitrogen and oxygen atoms in total. The minimum Gasteiger partial charge on any atom is -0.491 e. The molecule has 0 saturated carbocycles. The number of aliphatic carboxylic acids is 1. The van der Waals surface area contributed by atoms with E-state index in [2.05, 4.69) is 0 Å². The van der Waals surface area contributed by atoms with Crippen molar-refractivity contribution >= 4 is 5.97 Å². The number of hydrogen-bond acceptors (Lipinski definition) is 4. The average molecular weight is 266 g/mol. The Hall–Kier alpha value is -1.85. The molecule has 1 aromatic rings. The lowest BCUT2D eigenvalue weighted by molar-refractivity contribution is -0.131. The molecule has 104 valence electrons. The Labute approximate surface area is 111 Å². The first-order chi connectivity index (χ1) is 9.04. The van der Waals surface area contributed by atoms with Crippen molar-refractivity contribution < 1.29 is 24.9 Å². The van der Waals surface area contributed by atoms with Crippen molar-refractivity contribution in [1.29, 1.82) is 0 Å². The van der Waals surface area contributed by atoms with Gasteiger partial charge in [-0.15, -0.1) is 0 Å². The van der Waals surface area contributed by atoms with E-state index in [0.717, 1.165) is 6.08 Å². The van der Waals surface area contributed by atoms with Gasteiger partial charge in [0.25, 0.3) is 0 Å². The van der Waals surface area contributed by atoms with Gasteiger partial charge in [-0.05, 0) is 17.7 Å². The zero-order chi connectivity index (χ0) is 14.3. The van der Waals surface area contributed by atoms with Crippen LogP contribution in [0.25, 0.3) is 0 Å². The van der Waals surface area contributed by atoms with Gasteiger partial charge in [0.2, 0.25) is 0 Å². The molecule has 0 aliphatic heterocycles. The number of ether oxygens (including phenoxy) is 1. The number of benzene rings is 1. The summed E-state index contributed by atoms with van der Waals surface area (Å²) in [6.07, 6.45) is 1.64. The molecule has 5 heteroatoms. The highest BCUT2D eigenvalue weighted by Crippen LogP contribution is 2.25. The minimum absolute atomic E-state index is 0.0788. The molecule has 2 atom stereocenters. The number of hydrogen-bond donors (Lipinski definition) is 3. The summed E-state index contributed by atoms with van der Waals surface area (Å²) in [4.78, 5) is 10.4. The molecule has 0 aliphatic rings. The van der Waals surface area contributed by atoms with E-state index in [9.17, 15) is 9.90 Å². The second kappa shape index (κ2) is 7.56. The van der Waals surface area contributed by atoms with Crippen LogP contribution in [0.15, 0.2) is 36.4 Å². The monoisotopic (exact) mass is 266 g/mol. The summed E-state index contributed by atoms with van der Waals surface area (Å²) in [6.45, 7) is 1.84. The van der Waals surface area contributed by atoms with Crippen molar-refractivity contribution in [2.45, 2.75) is 13.0 Å². The average Bonchev–Trinajstić information content (AvgIpc) is 2.41. The molecule has 0 bridgehead atoms. The first-order valence-corrected chi connectivity index (χ1v) is 5.97. The summed E-state index contributed by atoms with van der Waals surface area (Å²) in [7, 11) is 0. The Morgan fingerprint density at radius 1 is 1.47 bits per heavy atom. The Balaban J connectivity index is 2.75. The van der Waals surface area contributed by atoms with Crippen LogP contribution < -0.4 is 4.74 Å². The van der Waals surface area contributed by atoms with Gasteiger partial charge in [-0.3, -0.25) is 0 Å². The Bertz CT molecular complexity index is 441. The molecule has 19 heavy (non-hydrogen) atoms. The fraction of sp³-hybridized carbons (Fsp3) is 0.357. The first kappa shape index (κ1) is 15.2. The van der Waals surface area contributed by atoms with E-state index in [1.807, 2.05) is 0 Å². The second-order valence-electron chi connectivity index (χ2n) is 4.15. The molecule has 0 amide bonds. The minimum atomic E-state index is -1.04. The second-order valence-corrected chi connectivity index (χ2v) is 4.15. The van der Waals surface area contributed by atoms with E-state index in [1.54, 1.807) is 31.2 Å². The van der Waals surface area contributed by atoms with Crippen LogP contribution in [0.2, 0.25) is 0 Å². The zero-order valence-electron chi connectivity index (χ0n) is 10.7. The van der Waals surface area contributed by atoms with Crippen LogP contribution in [0, 0.1) is 5.92 Å². The molecule has 0 fully saturated rings. The van der Waals surface area contributed by atoms with Gasteiger partial charge in [-0.2, -0.15) is 0 Å². The predicted octanol–water partition coefficient (Wildman–Crippen LogP) is 1.37. The topological polar surface area (TPSA) is 87.0 Å². The Morgan fingerprint density at radius 3 is 2.84 bits per heavy atom. The Morgan fingerprint density at radius 2 is 2.21 bits per heavy atom. The summed E-state index contributed by atoms with van der Waals surface area (Å²) >= 11 is 0. The van der Waals surface area contributed by atoms with E-state index < -0.39 is 12.1 Å². The highest BCUT2D eigenvalue weighted by atomic mass is 16.5. The fourth-order valence-corrected chi connectivity index (χ4v) is 1.59. The van der Waals surface area contributed by atoms with Crippen molar-refractivity contribution in [3.63, 3.8) is 0 Å². The van der Waals surface area contributed by atoms with Crippen molar-refractivity contribution in [3.05, 3.63) is 42.0 Å². The van der Waals surface area contributed by atoms with Crippen LogP contribution in [-0.2, 0) is 4.79 Å². The number of carboxylic acid groups (broad SMARTS) is 1. The molecular formula is C14H18O5. The van der Waals surface area contributed by atoms with Gasteiger partial charge in [-0.25, -0.2) is 4.79 Å². The van der Waals surface area contributed by atoms with Gasteiger partial charge in [0.1, 0.15) is 12.4 Å². The number of carboxylic acids is 1. The van der Waals surface area contributed by atoms with Gasteiger partial charge in [0.15, 0.2) is 0 Å². The third kappa shape index (κ3) is 5.11. The number of rotatable bonds is 7. The van der Waals surface area contributed by atoms with Crippen molar-refractivity contribution in [1.82, 2.24) is 0 Å². The van der Waals surface area contributed by atoms with Crippen molar-refractivity contribution in [2.24, 2.45) is 5.92 Å². The van der Waals surface area contributed by atoms with E-state index in [0.29, 0.717) is 11.3 Å². The number of carbonyl (C=O) groups is 1. The first-order valence-electron chi connectivity index (χ1n) is 5.97. The van der Waals surface area contributed by atoms with Gasteiger partial charge in [-0.1, -0.05) is 25.1 Å². The third-order valence-electron chi connectivity index (χ3n) is 2.60. The summed E-state index contributed by atoms with van der Waals surface area (Å²) < 4.78 is 5.25. The molecule has 0 aromatic heterocycles. The molecule has 0 aliphatic carbocycles. The van der Waals surface area contributed by atoms with E-state index in [4.69, 9.17) is 14.9 Å². The van der Waals surface area contributed by atoms with Crippen LogP contribution in [0.3, 0.4) is 0 Å². The predicted molar refractivity (Wildman–Crippen MR) is 69.9 cm³/mol. The maximum absolute atomic E-state index is 10.4. The molecule has 3 N–H and O–H groups in total. The van der Waals surface area contributed by atoms with Crippen LogP contribution >= 0.6 is 0 Å². The summed E-state index contributed by atoms with van der Waals surface area (Å²) in [5.41, 5.74) is 0.637. The van der Waals surface area contributed by atoms with Gasteiger partial charge in [0, 0.05) is 12.0 Å². The van der Waals surface area contributed by atoms with Gasteiger partial charge < -0.3 is 20.1 Å². The number of aliphatic hydroxyl groups excluding tert-OH is 2. The van der Waals surface area contributed by atoms with Crippen LogP contribution in [0.1, 0.15) is 18.6 Å². The third-order valence-corrected chi connectivity index (χ3v) is 2.60. The molecule has 0 radical (unpaired) electrons. The lowest BCUT2D eigenvalue weighted by atomic mass is 9.97. The molecule has 0 spiro atoms. The van der Waals surface area contributed by atoms with E-state index in [-0.39, 0.29) is 19.1 Å². The van der Waals surface area contributed by atoms with Crippen molar-refractivity contribution in [2.75, 3.05) is 13.2 Å². The van der Waals surface area contributed by atoms with Crippen molar-refractivity contribution in [3.8, 4) is 5.75 Å². The molecular weight excluding hydrogens is 248 g/mol. The largest absolute Gasteiger partial charge is 0.491 e. The molecule has 0 heterocycles. The highest BCUT2D eigenvalue weighted by molar-refractivity contribution is 5.79. The molecule has 1 aromatic carbocycles. The fourth-order valence-electron chi connectivity index (χ4n) is 1.59. The van der Waals surface area contributed by atoms with Gasteiger partial charge >= 0.3 is 5.97 Å². The van der Waals surface area contributed by atoms with Crippen LogP contribution in [0.4, 0.5) is 0 Å². The smallest absolute Gasteiger partial charge is 0.327 e. The van der Waals surface area contributed by atoms with Crippen LogP contribution in [-0.4, -0.2) is 34.5 Å². The Kier molecular flexibility index (Phi) is 6.05. The lowest BCUT2D eigenvalue weighted by Crippen LogP contribution is -2.08. The maximum atomic E-state index is 10.4.